The molecule has 0 aliphatic carbocycles. The normalized spacial score (nSPS) is 12.9. The summed E-state index contributed by atoms with van der Waals surface area (Å²) in [5.74, 6) is -1.09. The highest BCUT2D eigenvalue weighted by molar-refractivity contribution is 7.87. The zero-order valence-electron chi connectivity index (χ0n) is 28.3. The first-order valence-electron chi connectivity index (χ1n) is 14.6. The third-order valence-electron chi connectivity index (χ3n) is 6.93. The molecule has 0 radical (unpaired) electrons. The fourth-order valence-electron chi connectivity index (χ4n) is 3.92. The van der Waals surface area contributed by atoms with E-state index < -0.39 is 50.3 Å². The van der Waals surface area contributed by atoms with Gasteiger partial charge in [-0.05, 0) is 76.2 Å². The molecule has 4 aromatic carbocycles. The van der Waals surface area contributed by atoms with Gasteiger partial charge in [-0.25, -0.2) is 0 Å². The fourth-order valence-corrected chi connectivity index (χ4v) is 7.36. The molecule has 0 spiro atoms. The molecule has 20 heteroatoms. The van der Waals surface area contributed by atoms with Gasteiger partial charge in [0, 0.05) is 12.1 Å². The van der Waals surface area contributed by atoms with Gasteiger partial charge in [0.05, 0.1) is 14.2 Å². The highest BCUT2D eigenvalue weighted by Crippen LogP contribution is 2.34. The van der Waals surface area contributed by atoms with Gasteiger partial charge in [0.15, 0.2) is 23.0 Å². The Morgan fingerprint density at radius 3 is 1.06 bits per heavy atom. The highest BCUT2D eigenvalue weighted by Gasteiger charge is 2.25. The van der Waals surface area contributed by atoms with Crippen molar-refractivity contribution in [1.82, 2.24) is 0 Å². The SMILES string of the molecule is COc1cc(S(=O)(=O)O/N=C(C)/C(C)=N/OS(=O)(=O)c2ccc(OS(=O)(=O)c3ccc(C)cc3)c(OC)c2)ccc1OS(=O)(=O)c1ccc(C)cc1. The van der Waals surface area contributed by atoms with E-state index in [0.29, 0.717) is 0 Å². The van der Waals surface area contributed by atoms with Crippen LogP contribution in [0.15, 0.2) is 115 Å². The van der Waals surface area contributed by atoms with Crippen LogP contribution in [0.4, 0.5) is 0 Å². The summed E-state index contributed by atoms with van der Waals surface area (Å²) in [5.41, 5.74) is 1.23. The number of nitrogens with zero attached hydrogens (tertiary/aromatic N) is 2. The van der Waals surface area contributed by atoms with Crippen LogP contribution in [0.2, 0.25) is 0 Å². The van der Waals surface area contributed by atoms with Crippen LogP contribution in [0, 0.1) is 13.8 Å². The van der Waals surface area contributed by atoms with Crippen molar-refractivity contribution < 1.29 is 60.1 Å². The topological polar surface area (TPSA) is 217 Å². The molecule has 0 aromatic heterocycles. The molecular weight excluding hydrogens is 765 g/mol. The van der Waals surface area contributed by atoms with E-state index in [1.165, 1.54) is 52.3 Å². The summed E-state index contributed by atoms with van der Waals surface area (Å²) in [5, 5.41) is 6.99. The summed E-state index contributed by atoms with van der Waals surface area (Å²) in [7, 11) is -15.5. The van der Waals surface area contributed by atoms with Crippen LogP contribution < -0.4 is 17.8 Å². The second kappa shape index (κ2) is 15.6. The molecule has 0 atom stereocenters. The standard InChI is InChI=1S/C32H32N2O14S4/c1-21-7-11-25(12-8-21)49(35,36)45-29-17-15-27(19-31(29)43-5)51(39,40)47-33-23(3)24(4)34-48-52(41,42)28-16-18-30(32(20-28)44-6)46-50(37,38)26-13-9-22(2)10-14-26/h7-20H,1-6H3/b33-23+,34-24+. The summed E-state index contributed by atoms with van der Waals surface area (Å²) in [6, 6.07) is 17.8. The maximum absolute atomic E-state index is 12.9. The minimum absolute atomic E-state index is 0.131. The molecule has 0 N–H and O–H groups in total. The first kappa shape index (κ1) is 39.6. The average molecular weight is 797 g/mol. The summed E-state index contributed by atoms with van der Waals surface area (Å²) in [6.45, 7) is 6.06. The monoisotopic (exact) mass is 796 g/mol. The largest absolute Gasteiger partial charge is 0.493 e. The minimum atomic E-state index is -4.62. The maximum atomic E-state index is 12.9. The Balaban J connectivity index is 1.46. The fraction of sp³-hybridized carbons (Fsp3) is 0.188. The Morgan fingerprint density at radius 2 is 0.750 bits per heavy atom. The van der Waals surface area contributed by atoms with E-state index in [9.17, 15) is 33.7 Å². The van der Waals surface area contributed by atoms with Crippen molar-refractivity contribution >= 4 is 51.9 Å². The summed E-state index contributed by atoms with van der Waals surface area (Å²) in [6.07, 6.45) is 0. The molecule has 0 unspecified atom stereocenters. The molecule has 16 nitrogen and oxygen atoms in total. The van der Waals surface area contributed by atoms with E-state index in [1.54, 1.807) is 38.1 Å². The molecular formula is C32H32N2O14S4. The van der Waals surface area contributed by atoms with Crippen LogP contribution in [0.5, 0.6) is 23.0 Å². The number of ether oxygens (including phenoxy) is 2. The van der Waals surface area contributed by atoms with Crippen LogP contribution in [-0.2, 0) is 49.0 Å². The summed E-state index contributed by atoms with van der Waals surface area (Å²) < 4.78 is 132. The Morgan fingerprint density at radius 1 is 0.442 bits per heavy atom. The van der Waals surface area contributed by atoms with Crippen LogP contribution in [0.25, 0.3) is 0 Å². The molecule has 0 aliphatic rings. The Labute approximate surface area is 301 Å². The summed E-state index contributed by atoms with van der Waals surface area (Å²) in [4.78, 5) is -1.23. The molecule has 0 heterocycles. The number of oxime groups is 2. The van der Waals surface area contributed by atoms with E-state index >= 15 is 0 Å². The second-order valence-electron chi connectivity index (χ2n) is 10.7. The molecule has 278 valence electrons. The van der Waals surface area contributed by atoms with Crippen molar-refractivity contribution in [2.75, 3.05) is 14.2 Å². The van der Waals surface area contributed by atoms with E-state index in [4.69, 9.17) is 26.4 Å². The van der Waals surface area contributed by atoms with Crippen molar-refractivity contribution in [1.29, 1.82) is 0 Å². The van der Waals surface area contributed by atoms with Crippen molar-refractivity contribution in [3.8, 4) is 23.0 Å². The van der Waals surface area contributed by atoms with Gasteiger partial charge in [0.2, 0.25) is 0 Å². The van der Waals surface area contributed by atoms with E-state index in [1.807, 2.05) is 0 Å². The zero-order valence-corrected chi connectivity index (χ0v) is 31.6. The van der Waals surface area contributed by atoms with E-state index in [0.717, 1.165) is 47.5 Å². The van der Waals surface area contributed by atoms with Gasteiger partial charge in [-0.15, -0.1) is 0 Å². The minimum Gasteiger partial charge on any atom is -0.493 e. The lowest BCUT2D eigenvalue weighted by atomic mass is 10.2. The predicted molar refractivity (Wildman–Crippen MR) is 187 cm³/mol. The number of hydrogen-bond acceptors (Lipinski definition) is 16. The van der Waals surface area contributed by atoms with Gasteiger partial charge in [0.25, 0.3) is 0 Å². The number of hydrogen-bond donors (Lipinski definition) is 0. The Kier molecular flexibility index (Phi) is 11.9. The van der Waals surface area contributed by atoms with Crippen molar-refractivity contribution in [2.24, 2.45) is 10.3 Å². The van der Waals surface area contributed by atoms with Gasteiger partial charge in [-0.3, -0.25) is 8.57 Å². The first-order chi connectivity index (χ1) is 24.3. The zero-order chi connectivity index (χ0) is 38.5. The third-order valence-corrected chi connectivity index (χ3v) is 11.6. The van der Waals surface area contributed by atoms with Gasteiger partial charge < -0.3 is 17.8 Å². The van der Waals surface area contributed by atoms with E-state index in [2.05, 4.69) is 10.3 Å². The molecule has 0 fully saturated rings. The lowest BCUT2D eigenvalue weighted by molar-refractivity contribution is 0.333. The summed E-state index contributed by atoms with van der Waals surface area (Å²) >= 11 is 0. The highest BCUT2D eigenvalue weighted by atomic mass is 32.2. The van der Waals surface area contributed by atoms with E-state index in [-0.39, 0.29) is 44.2 Å². The lowest BCUT2D eigenvalue weighted by Gasteiger charge is -2.12. The molecule has 0 saturated carbocycles. The van der Waals surface area contributed by atoms with Gasteiger partial charge >= 0.3 is 40.5 Å². The van der Waals surface area contributed by atoms with Crippen molar-refractivity contribution in [3.05, 3.63) is 96.1 Å². The maximum Gasteiger partial charge on any atom is 0.358 e. The average Bonchev–Trinajstić information content (AvgIpc) is 3.09. The molecule has 4 aromatic rings. The van der Waals surface area contributed by atoms with Gasteiger partial charge in [-0.1, -0.05) is 45.7 Å². The quantitative estimate of drug-likeness (QED) is 0.0904. The predicted octanol–water partition coefficient (Wildman–Crippen LogP) is 4.72. The first-order valence-corrected chi connectivity index (χ1v) is 20.3. The number of aryl methyl sites for hydroxylation is 2. The van der Waals surface area contributed by atoms with Crippen molar-refractivity contribution in [3.63, 3.8) is 0 Å². The van der Waals surface area contributed by atoms with Crippen LogP contribution in [-0.4, -0.2) is 59.3 Å². The molecule has 0 aliphatic heterocycles. The second-order valence-corrected chi connectivity index (χ2v) is 16.9. The lowest BCUT2D eigenvalue weighted by Crippen LogP contribution is -2.13. The Hall–Kier alpha value is -5.18. The number of methoxy groups -OCH3 is 2. The Bertz CT molecular complexity index is 2290. The number of benzene rings is 4. The molecule has 4 rings (SSSR count). The van der Waals surface area contributed by atoms with Gasteiger partial charge in [-0.2, -0.15) is 33.7 Å². The van der Waals surface area contributed by atoms with Crippen molar-refractivity contribution in [2.45, 2.75) is 47.3 Å². The van der Waals surface area contributed by atoms with Crippen LogP contribution in [0.1, 0.15) is 25.0 Å². The molecule has 0 saturated heterocycles. The van der Waals surface area contributed by atoms with Crippen LogP contribution in [0.3, 0.4) is 0 Å². The molecule has 0 amide bonds. The third kappa shape index (κ3) is 9.57. The number of rotatable bonds is 15. The molecule has 52 heavy (non-hydrogen) atoms. The van der Waals surface area contributed by atoms with Gasteiger partial charge in [0.1, 0.15) is 31.0 Å². The molecule has 0 bridgehead atoms. The smallest absolute Gasteiger partial charge is 0.358 e. The van der Waals surface area contributed by atoms with Crippen LogP contribution >= 0.6 is 0 Å².